The van der Waals surface area contributed by atoms with Crippen LogP contribution < -0.4 is 4.74 Å². The van der Waals surface area contributed by atoms with Crippen LogP contribution in [0.15, 0.2) is 53.7 Å². The van der Waals surface area contributed by atoms with Crippen molar-refractivity contribution in [1.29, 1.82) is 0 Å². The Balaban J connectivity index is 1.53. The van der Waals surface area contributed by atoms with Crippen molar-refractivity contribution < 1.29 is 13.2 Å². The number of sulfonamides is 1. The molecule has 2 aliphatic rings. The Morgan fingerprint density at radius 2 is 1.60 bits per heavy atom. The fourth-order valence-electron chi connectivity index (χ4n) is 4.01. The van der Waals surface area contributed by atoms with Crippen molar-refractivity contribution in [3.63, 3.8) is 0 Å². The third kappa shape index (κ3) is 3.16. The smallest absolute Gasteiger partial charge is 0.243 e. The van der Waals surface area contributed by atoms with Crippen molar-refractivity contribution in [2.75, 3.05) is 0 Å². The fraction of sp³-hybridized carbons (Fsp3) is 0.421. The normalized spacial score (nSPS) is 26.5. The lowest BCUT2D eigenvalue weighted by molar-refractivity contribution is 0.0956. The quantitative estimate of drug-likeness (QED) is 0.842. The number of fused-ring (bicyclic) bond motifs is 2. The predicted octanol–water partition coefficient (Wildman–Crippen LogP) is 3.15. The van der Waals surface area contributed by atoms with E-state index in [-0.39, 0.29) is 18.2 Å². The molecule has 4 rings (SSSR count). The van der Waals surface area contributed by atoms with Crippen molar-refractivity contribution in [2.24, 2.45) is 0 Å². The minimum Gasteiger partial charge on any atom is -0.490 e. The summed E-state index contributed by atoms with van der Waals surface area (Å²) in [5.41, 5.74) is 1.06. The highest BCUT2D eigenvalue weighted by Crippen LogP contribution is 2.40. The maximum atomic E-state index is 13.1. The first-order valence-electron chi connectivity index (χ1n) is 8.71. The maximum absolute atomic E-state index is 13.1. The van der Waals surface area contributed by atoms with E-state index in [1.165, 1.54) is 0 Å². The monoisotopic (exact) mass is 358 g/mol. The molecular formula is C19H22N2O3S. The van der Waals surface area contributed by atoms with Gasteiger partial charge in [-0.05, 0) is 44.0 Å². The largest absolute Gasteiger partial charge is 0.490 e. The van der Waals surface area contributed by atoms with Crippen LogP contribution in [0, 0.1) is 6.92 Å². The van der Waals surface area contributed by atoms with E-state index in [9.17, 15) is 8.42 Å². The molecule has 0 radical (unpaired) electrons. The second-order valence-corrected chi connectivity index (χ2v) is 8.77. The summed E-state index contributed by atoms with van der Waals surface area (Å²) in [7, 11) is -3.44. The van der Waals surface area contributed by atoms with Gasteiger partial charge in [-0.25, -0.2) is 8.42 Å². The second kappa shape index (κ2) is 6.42. The molecule has 0 saturated carbocycles. The topological polar surface area (TPSA) is 59.5 Å². The number of nitrogens with zero attached hydrogens (tertiary/aromatic N) is 2. The molecule has 2 aromatic rings. The standard InChI is InChI=1S/C19H22N2O3S/c1-14-2-6-19(7-3-14)25(22,23)21-15-4-5-16(21)13-18(12-15)24-17-8-10-20-11-9-17/h2-3,6-11,15-16,18H,4-5,12-13H2,1H3. The van der Waals surface area contributed by atoms with Crippen LogP contribution in [0.25, 0.3) is 0 Å². The summed E-state index contributed by atoms with van der Waals surface area (Å²) in [5, 5.41) is 0. The molecule has 0 amide bonds. The summed E-state index contributed by atoms with van der Waals surface area (Å²) in [6.07, 6.45) is 6.78. The molecule has 5 nitrogen and oxygen atoms in total. The van der Waals surface area contributed by atoms with Gasteiger partial charge in [0.05, 0.1) is 4.90 Å². The average molecular weight is 358 g/mol. The van der Waals surface area contributed by atoms with Gasteiger partial charge in [-0.3, -0.25) is 4.98 Å². The Bertz CT molecular complexity index is 823. The number of hydrogen-bond acceptors (Lipinski definition) is 4. The molecule has 1 aromatic heterocycles. The lowest BCUT2D eigenvalue weighted by Crippen LogP contribution is -2.49. The minimum atomic E-state index is -3.44. The fourth-order valence-corrected chi connectivity index (χ4v) is 5.91. The number of ether oxygens (including phenoxy) is 1. The minimum absolute atomic E-state index is 0.0249. The zero-order valence-electron chi connectivity index (χ0n) is 14.2. The van der Waals surface area contributed by atoms with Gasteiger partial charge in [0.2, 0.25) is 10.0 Å². The summed E-state index contributed by atoms with van der Waals surface area (Å²) >= 11 is 0. The van der Waals surface area contributed by atoms with Gasteiger partial charge in [-0.2, -0.15) is 4.31 Å². The summed E-state index contributed by atoms with van der Waals surface area (Å²) in [6.45, 7) is 1.96. The van der Waals surface area contributed by atoms with Crippen LogP contribution in [0.5, 0.6) is 5.75 Å². The Hall–Kier alpha value is -1.92. The zero-order valence-corrected chi connectivity index (χ0v) is 15.0. The first kappa shape index (κ1) is 16.5. The molecule has 132 valence electrons. The Morgan fingerprint density at radius 3 is 2.20 bits per heavy atom. The van der Waals surface area contributed by atoms with E-state index >= 15 is 0 Å². The van der Waals surface area contributed by atoms with E-state index in [4.69, 9.17) is 4.74 Å². The first-order chi connectivity index (χ1) is 12.0. The zero-order chi connectivity index (χ0) is 17.4. The number of hydrogen-bond donors (Lipinski definition) is 0. The summed E-state index contributed by atoms with van der Waals surface area (Å²) in [4.78, 5) is 4.39. The molecule has 2 unspecified atom stereocenters. The van der Waals surface area contributed by atoms with Crippen molar-refractivity contribution in [3.8, 4) is 5.75 Å². The van der Waals surface area contributed by atoms with Crippen molar-refractivity contribution in [2.45, 2.75) is 55.7 Å². The van der Waals surface area contributed by atoms with E-state index in [2.05, 4.69) is 4.98 Å². The maximum Gasteiger partial charge on any atom is 0.243 e. The molecule has 2 saturated heterocycles. The lowest BCUT2D eigenvalue weighted by Gasteiger charge is -2.37. The van der Waals surface area contributed by atoms with E-state index in [1.807, 2.05) is 31.2 Å². The molecule has 6 heteroatoms. The molecule has 0 N–H and O–H groups in total. The van der Waals surface area contributed by atoms with Gasteiger partial charge in [0.25, 0.3) is 0 Å². The molecule has 0 aliphatic carbocycles. The van der Waals surface area contributed by atoms with Crippen LogP contribution in [0.2, 0.25) is 0 Å². The first-order valence-corrected chi connectivity index (χ1v) is 10.1. The third-order valence-corrected chi connectivity index (χ3v) is 7.19. The molecule has 0 spiro atoms. The third-order valence-electron chi connectivity index (χ3n) is 5.17. The van der Waals surface area contributed by atoms with E-state index in [0.29, 0.717) is 4.90 Å². The molecule has 1 aromatic carbocycles. The molecule has 25 heavy (non-hydrogen) atoms. The highest BCUT2D eigenvalue weighted by molar-refractivity contribution is 7.89. The number of piperidine rings is 1. The van der Waals surface area contributed by atoms with E-state index < -0.39 is 10.0 Å². The Kier molecular flexibility index (Phi) is 4.25. The van der Waals surface area contributed by atoms with Gasteiger partial charge >= 0.3 is 0 Å². The molecule has 2 atom stereocenters. The molecule has 2 aliphatic heterocycles. The van der Waals surface area contributed by atoms with Crippen molar-refractivity contribution in [1.82, 2.24) is 9.29 Å². The van der Waals surface area contributed by atoms with E-state index in [1.54, 1.807) is 28.8 Å². The van der Waals surface area contributed by atoms with Gasteiger partial charge in [-0.15, -0.1) is 0 Å². The number of benzene rings is 1. The number of aromatic nitrogens is 1. The lowest BCUT2D eigenvalue weighted by atomic mass is 10.0. The highest BCUT2D eigenvalue weighted by atomic mass is 32.2. The van der Waals surface area contributed by atoms with Crippen LogP contribution in [0.1, 0.15) is 31.2 Å². The Morgan fingerprint density at radius 1 is 1.00 bits per heavy atom. The van der Waals surface area contributed by atoms with Crippen LogP contribution in [-0.2, 0) is 10.0 Å². The van der Waals surface area contributed by atoms with Gasteiger partial charge in [0.1, 0.15) is 11.9 Å². The van der Waals surface area contributed by atoms with Crippen LogP contribution in [-0.4, -0.2) is 35.9 Å². The van der Waals surface area contributed by atoms with Gasteiger partial charge in [0, 0.05) is 37.3 Å². The van der Waals surface area contributed by atoms with Crippen LogP contribution >= 0.6 is 0 Å². The number of pyridine rings is 1. The van der Waals surface area contributed by atoms with Crippen molar-refractivity contribution >= 4 is 10.0 Å². The van der Waals surface area contributed by atoms with Crippen LogP contribution in [0.4, 0.5) is 0 Å². The molecule has 3 heterocycles. The predicted molar refractivity (Wildman–Crippen MR) is 94.9 cm³/mol. The average Bonchev–Trinajstić information content (AvgIpc) is 2.89. The van der Waals surface area contributed by atoms with Gasteiger partial charge in [-0.1, -0.05) is 17.7 Å². The summed E-state index contributed by atoms with van der Waals surface area (Å²) in [6, 6.07) is 10.9. The second-order valence-electron chi connectivity index (χ2n) is 6.93. The van der Waals surface area contributed by atoms with Crippen molar-refractivity contribution in [3.05, 3.63) is 54.4 Å². The highest BCUT2D eigenvalue weighted by Gasteiger charge is 2.47. The summed E-state index contributed by atoms with van der Waals surface area (Å²) in [5.74, 6) is 0.800. The molecule has 2 bridgehead atoms. The van der Waals surface area contributed by atoms with Crippen LogP contribution in [0.3, 0.4) is 0 Å². The Labute approximate surface area is 148 Å². The molecular weight excluding hydrogens is 336 g/mol. The van der Waals surface area contributed by atoms with Gasteiger partial charge < -0.3 is 4.74 Å². The SMILES string of the molecule is Cc1ccc(S(=O)(=O)N2C3CCC2CC(Oc2ccncc2)C3)cc1. The number of aryl methyl sites for hydroxylation is 1. The summed E-state index contributed by atoms with van der Waals surface area (Å²) < 4.78 is 34.0. The molecule has 2 fully saturated rings. The van der Waals surface area contributed by atoms with E-state index in [0.717, 1.165) is 37.0 Å². The van der Waals surface area contributed by atoms with Gasteiger partial charge in [0.15, 0.2) is 0 Å². The number of rotatable bonds is 4.